The molecule has 2 fully saturated rings. The Kier molecular flexibility index (Phi) is 4.99. The highest BCUT2D eigenvalue weighted by Crippen LogP contribution is 2.28. The number of nitrogens with zero attached hydrogens (tertiary/aromatic N) is 2. The van der Waals surface area contributed by atoms with Crippen LogP contribution in [0.5, 0.6) is 0 Å². The number of hydrogen-bond donors (Lipinski definition) is 0. The number of unbranched alkanes of at least 4 members (excludes halogenated alkanes) is 2. The Labute approximate surface area is 106 Å². The molecule has 2 saturated heterocycles. The molecule has 0 unspecified atom stereocenters. The number of hydrogen-bond acceptors (Lipinski definition) is 4. The van der Waals surface area contributed by atoms with Crippen molar-refractivity contribution in [3.63, 3.8) is 0 Å². The van der Waals surface area contributed by atoms with E-state index in [0.29, 0.717) is 0 Å². The highest BCUT2D eigenvalue weighted by molar-refractivity contribution is 6.62. The summed E-state index contributed by atoms with van der Waals surface area (Å²) in [7, 11) is -2.14. The molecule has 2 heterocycles. The fraction of sp³-hybridized carbons (Fsp3) is 1.00. The van der Waals surface area contributed by atoms with Crippen LogP contribution in [0.4, 0.5) is 0 Å². The van der Waals surface area contributed by atoms with E-state index >= 15 is 0 Å². The summed E-state index contributed by atoms with van der Waals surface area (Å²) in [6.45, 7) is 10.6. The van der Waals surface area contributed by atoms with Gasteiger partial charge in [-0.05, 0) is 25.9 Å². The molecule has 4 nitrogen and oxygen atoms in total. The summed E-state index contributed by atoms with van der Waals surface area (Å²) in [6, 6.07) is 0. The first-order valence-corrected chi connectivity index (χ1v) is 8.82. The average molecular weight is 258 g/mol. The predicted octanol–water partition coefficient (Wildman–Crippen LogP) is 1.69. The zero-order chi connectivity index (χ0) is 12.1. The van der Waals surface area contributed by atoms with E-state index in [1.54, 1.807) is 0 Å². The van der Waals surface area contributed by atoms with Crippen LogP contribution in [0.15, 0.2) is 0 Å². The van der Waals surface area contributed by atoms with Gasteiger partial charge in [-0.3, -0.25) is 9.13 Å². The maximum atomic E-state index is 6.09. The minimum atomic E-state index is -2.14. The molecule has 0 aromatic carbocycles. The molecule has 100 valence electrons. The molecule has 0 aliphatic carbocycles. The highest BCUT2D eigenvalue weighted by atomic mass is 28.4. The van der Waals surface area contributed by atoms with Crippen LogP contribution in [0.3, 0.4) is 0 Å². The Morgan fingerprint density at radius 2 is 1.35 bits per heavy atom. The van der Waals surface area contributed by atoms with E-state index < -0.39 is 8.88 Å². The molecule has 0 radical (unpaired) electrons. The van der Waals surface area contributed by atoms with Gasteiger partial charge in [0.2, 0.25) is 0 Å². The molecule has 2 aliphatic rings. The Morgan fingerprint density at radius 3 is 1.76 bits per heavy atom. The third kappa shape index (κ3) is 2.74. The fourth-order valence-corrected chi connectivity index (χ4v) is 6.23. The van der Waals surface area contributed by atoms with Crippen molar-refractivity contribution in [3.05, 3.63) is 0 Å². The van der Waals surface area contributed by atoms with Gasteiger partial charge < -0.3 is 8.85 Å². The van der Waals surface area contributed by atoms with Crippen LogP contribution in [0.2, 0.25) is 0 Å². The van der Waals surface area contributed by atoms with Gasteiger partial charge in [0.25, 0.3) is 0 Å². The molecule has 0 bridgehead atoms. The summed E-state index contributed by atoms with van der Waals surface area (Å²) >= 11 is 0. The van der Waals surface area contributed by atoms with E-state index in [1.807, 2.05) is 0 Å². The molecule has 0 aromatic rings. The van der Waals surface area contributed by atoms with Crippen molar-refractivity contribution < 1.29 is 8.85 Å². The van der Waals surface area contributed by atoms with Crippen molar-refractivity contribution in [2.24, 2.45) is 0 Å². The molecule has 17 heavy (non-hydrogen) atoms. The molecular weight excluding hydrogens is 232 g/mol. The van der Waals surface area contributed by atoms with E-state index in [2.05, 4.69) is 23.0 Å². The molecule has 2 rings (SSSR count). The van der Waals surface area contributed by atoms with Gasteiger partial charge in [0.05, 0.1) is 13.2 Å². The second-order valence-electron chi connectivity index (χ2n) is 4.93. The van der Waals surface area contributed by atoms with Crippen LogP contribution in [-0.2, 0) is 8.85 Å². The van der Waals surface area contributed by atoms with Gasteiger partial charge in [-0.15, -0.1) is 0 Å². The quantitative estimate of drug-likeness (QED) is 0.677. The molecule has 5 heteroatoms. The van der Waals surface area contributed by atoms with Gasteiger partial charge >= 0.3 is 8.88 Å². The maximum Gasteiger partial charge on any atom is 0.522 e. The largest absolute Gasteiger partial charge is 0.522 e. The predicted molar refractivity (Wildman–Crippen MR) is 70.6 cm³/mol. The zero-order valence-corrected chi connectivity index (χ0v) is 12.3. The van der Waals surface area contributed by atoms with Crippen LogP contribution in [0, 0.1) is 0 Å². The van der Waals surface area contributed by atoms with Crippen molar-refractivity contribution in [1.82, 2.24) is 9.13 Å². The Bertz CT molecular complexity index is 217. The minimum Gasteiger partial charge on any atom is -0.369 e. The van der Waals surface area contributed by atoms with E-state index in [0.717, 1.165) is 39.4 Å². The van der Waals surface area contributed by atoms with E-state index in [4.69, 9.17) is 8.85 Å². The van der Waals surface area contributed by atoms with E-state index in [-0.39, 0.29) is 0 Å². The van der Waals surface area contributed by atoms with Crippen molar-refractivity contribution in [2.75, 3.05) is 39.4 Å². The summed E-state index contributed by atoms with van der Waals surface area (Å²) < 4.78 is 17.2. The average Bonchev–Trinajstić information content (AvgIpc) is 2.93. The van der Waals surface area contributed by atoms with Crippen LogP contribution in [-0.4, -0.2) is 57.4 Å². The smallest absolute Gasteiger partial charge is 0.369 e. The molecule has 0 saturated carbocycles. The van der Waals surface area contributed by atoms with E-state index in [1.165, 1.54) is 25.7 Å². The lowest BCUT2D eigenvalue weighted by Gasteiger charge is -2.34. The summed E-state index contributed by atoms with van der Waals surface area (Å²) in [5.74, 6) is 0. The third-order valence-electron chi connectivity index (χ3n) is 3.66. The SMILES string of the molecule is CCCCN1CCO[Si]12OCCN2CCCC. The van der Waals surface area contributed by atoms with Crippen LogP contribution < -0.4 is 0 Å². The lowest BCUT2D eigenvalue weighted by Crippen LogP contribution is -2.62. The van der Waals surface area contributed by atoms with Crippen LogP contribution in [0.1, 0.15) is 39.5 Å². The van der Waals surface area contributed by atoms with Gasteiger partial charge in [0.15, 0.2) is 0 Å². The maximum absolute atomic E-state index is 6.09. The molecule has 1 spiro atoms. The van der Waals surface area contributed by atoms with E-state index in [9.17, 15) is 0 Å². The summed E-state index contributed by atoms with van der Waals surface area (Å²) in [5, 5.41) is 0. The van der Waals surface area contributed by atoms with Gasteiger partial charge in [-0.1, -0.05) is 26.7 Å². The molecule has 0 atom stereocenters. The minimum absolute atomic E-state index is 0.860. The van der Waals surface area contributed by atoms with Crippen LogP contribution >= 0.6 is 0 Å². The second kappa shape index (κ2) is 6.29. The lowest BCUT2D eigenvalue weighted by atomic mass is 10.3. The monoisotopic (exact) mass is 258 g/mol. The Morgan fingerprint density at radius 1 is 0.882 bits per heavy atom. The van der Waals surface area contributed by atoms with Gasteiger partial charge in [-0.25, -0.2) is 0 Å². The van der Waals surface area contributed by atoms with Gasteiger partial charge in [-0.2, -0.15) is 0 Å². The normalized spacial score (nSPS) is 25.1. The Balaban J connectivity index is 1.98. The van der Waals surface area contributed by atoms with Crippen molar-refractivity contribution >= 4 is 8.88 Å². The Hall–Kier alpha value is 0.0569. The molecule has 2 aliphatic heterocycles. The summed E-state index contributed by atoms with van der Waals surface area (Å²) in [4.78, 5) is 0. The van der Waals surface area contributed by atoms with Crippen LogP contribution in [0.25, 0.3) is 0 Å². The standard InChI is InChI=1S/C12H26N2O2Si/c1-3-5-7-13-9-11-15-17(13)14(8-6-4-2)10-12-16-17/h3-12H2,1-2H3. The highest BCUT2D eigenvalue weighted by Gasteiger charge is 2.57. The zero-order valence-electron chi connectivity index (χ0n) is 11.3. The third-order valence-corrected chi connectivity index (χ3v) is 7.32. The topological polar surface area (TPSA) is 24.9 Å². The van der Waals surface area contributed by atoms with Gasteiger partial charge in [0.1, 0.15) is 0 Å². The first kappa shape index (κ1) is 13.5. The summed E-state index contributed by atoms with van der Waals surface area (Å²) in [6.07, 6.45) is 5.00. The van der Waals surface area contributed by atoms with Gasteiger partial charge in [0, 0.05) is 13.1 Å². The number of rotatable bonds is 6. The second-order valence-corrected chi connectivity index (χ2v) is 7.87. The van der Waals surface area contributed by atoms with Crippen molar-refractivity contribution in [2.45, 2.75) is 39.5 Å². The van der Waals surface area contributed by atoms with Crippen molar-refractivity contribution in [3.8, 4) is 0 Å². The first-order valence-electron chi connectivity index (χ1n) is 7.11. The lowest BCUT2D eigenvalue weighted by molar-refractivity contribution is 0.178. The summed E-state index contributed by atoms with van der Waals surface area (Å²) in [5.41, 5.74) is 0. The van der Waals surface area contributed by atoms with Crippen molar-refractivity contribution in [1.29, 1.82) is 0 Å². The first-order chi connectivity index (χ1) is 8.33. The molecular formula is C12H26N2O2Si. The fourth-order valence-electron chi connectivity index (χ4n) is 2.67. The molecule has 0 aromatic heterocycles. The molecule has 0 N–H and O–H groups in total. The molecule has 0 amide bonds.